The van der Waals surface area contributed by atoms with Gasteiger partial charge in [-0.3, -0.25) is 19.1 Å². The minimum atomic E-state index is -0.562. The van der Waals surface area contributed by atoms with Crippen LogP contribution < -0.4 is 20.1 Å². The van der Waals surface area contributed by atoms with Gasteiger partial charge in [0.05, 0.1) is 43.8 Å². The number of nitrogens with one attached hydrogen (secondary N) is 3. The van der Waals surface area contributed by atoms with Gasteiger partial charge >= 0.3 is 0 Å². The fourth-order valence-electron chi connectivity index (χ4n) is 6.09. The quantitative estimate of drug-likeness (QED) is 0.0800. The number of methoxy groups -OCH3 is 1. The maximum Gasteiger partial charge on any atom is 0.222 e. The van der Waals surface area contributed by atoms with E-state index in [1.807, 2.05) is 67.8 Å². The first kappa shape index (κ1) is 37.2. The molecule has 5 aromatic rings. The van der Waals surface area contributed by atoms with Gasteiger partial charge < -0.3 is 24.6 Å². The second-order valence-electron chi connectivity index (χ2n) is 12.4. The van der Waals surface area contributed by atoms with E-state index >= 15 is 0 Å². The standard InChI is InChI=1S/C38H43ClN8O4S/c1-23-6-7-28(36-24(2)46-51-25(36)3)20-34(23)52-42-17-19-50-18-16-40-14-15-41-35(48)22-32-38-45-44-26(4)47(38)33-13-12-30(49-5)21-31(33)37(43-32)27-8-10-29(39)11-9-27/h6-13,20-21,32,40,42H,14-19,22H2,1-5H3,(H,41,48)/t32-/m0/s1. The van der Waals surface area contributed by atoms with Crippen molar-refractivity contribution >= 4 is 35.2 Å². The summed E-state index contributed by atoms with van der Waals surface area (Å²) in [5, 5.41) is 19.9. The van der Waals surface area contributed by atoms with Crippen molar-refractivity contribution in [3.8, 4) is 22.6 Å². The molecule has 0 saturated heterocycles. The van der Waals surface area contributed by atoms with Crippen LogP contribution in [0.3, 0.4) is 0 Å². The molecule has 0 fully saturated rings. The first-order chi connectivity index (χ1) is 25.2. The SMILES string of the molecule is COc1ccc2c(c1)C(c1ccc(Cl)cc1)=N[C@@H](CC(=O)NCCNCCOCCNSc1cc(-c3c(C)noc3C)ccc1C)c1nnc(C)n1-2. The van der Waals surface area contributed by atoms with E-state index in [0.29, 0.717) is 61.8 Å². The molecule has 1 atom stereocenters. The molecule has 52 heavy (non-hydrogen) atoms. The highest BCUT2D eigenvalue weighted by atomic mass is 35.5. The summed E-state index contributed by atoms with van der Waals surface area (Å²) in [7, 11) is 1.63. The smallest absolute Gasteiger partial charge is 0.222 e. The number of carbonyl (C=O) groups is 1. The summed E-state index contributed by atoms with van der Waals surface area (Å²) in [6, 6.07) is 19.1. The lowest BCUT2D eigenvalue weighted by atomic mass is 10.00. The van der Waals surface area contributed by atoms with E-state index in [9.17, 15) is 4.79 Å². The van der Waals surface area contributed by atoms with E-state index in [-0.39, 0.29) is 12.3 Å². The summed E-state index contributed by atoms with van der Waals surface area (Å²) in [6.07, 6.45) is 0.109. The number of benzene rings is 3. The summed E-state index contributed by atoms with van der Waals surface area (Å²) in [4.78, 5) is 19.5. The van der Waals surface area contributed by atoms with Crippen LogP contribution in [0.4, 0.5) is 0 Å². The highest BCUT2D eigenvalue weighted by Gasteiger charge is 2.30. The van der Waals surface area contributed by atoms with Crippen LogP contribution in [-0.2, 0) is 9.53 Å². The van der Waals surface area contributed by atoms with Gasteiger partial charge in [0.15, 0.2) is 5.82 Å². The molecule has 272 valence electrons. The van der Waals surface area contributed by atoms with Crippen molar-refractivity contribution in [1.29, 1.82) is 0 Å². The predicted molar refractivity (Wildman–Crippen MR) is 204 cm³/mol. The Labute approximate surface area is 312 Å². The Kier molecular flexibility index (Phi) is 12.4. The lowest BCUT2D eigenvalue weighted by Gasteiger charge is -2.14. The molecule has 3 N–H and O–H groups in total. The minimum Gasteiger partial charge on any atom is -0.497 e. The maximum absolute atomic E-state index is 13.2. The number of hydrogen-bond donors (Lipinski definition) is 3. The molecular weight excluding hydrogens is 700 g/mol. The molecule has 1 amide bonds. The Morgan fingerprint density at radius 2 is 1.73 bits per heavy atom. The van der Waals surface area contributed by atoms with E-state index in [1.54, 1.807) is 19.1 Å². The van der Waals surface area contributed by atoms with Crippen LogP contribution in [0.2, 0.25) is 5.02 Å². The first-order valence-corrected chi connectivity index (χ1v) is 18.4. The lowest BCUT2D eigenvalue weighted by molar-refractivity contribution is -0.121. The zero-order valence-corrected chi connectivity index (χ0v) is 31.5. The van der Waals surface area contributed by atoms with E-state index in [0.717, 1.165) is 50.0 Å². The molecule has 0 spiro atoms. The van der Waals surface area contributed by atoms with Crippen LogP contribution in [0.25, 0.3) is 16.8 Å². The Hall–Kier alpha value is -4.53. The fraction of sp³-hybridized carbons (Fsp3) is 0.342. The van der Waals surface area contributed by atoms with Gasteiger partial charge in [-0.15, -0.1) is 10.2 Å². The third-order valence-electron chi connectivity index (χ3n) is 8.72. The van der Waals surface area contributed by atoms with Gasteiger partial charge in [0.25, 0.3) is 0 Å². The van der Waals surface area contributed by atoms with Crippen molar-refractivity contribution in [2.45, 2.75) is 45.1 Å². The third-order valence-corrected chi connectivity index (χ3v) is 9.98. The topological polar surface area (TPSA) is 141 Å². The number of halogens is 1. The molecule has 14 heteroatoms. The summed E-state index contributed by atoms with van der Waals surface area (Å²) >= 11 is 7.80. The fourth-order valence-corrected chi connectivity index (χ4v) is 6.97. The van der Waals surface area contributed by atoms with Gasteiger partial charge in [0.2, 0.25) is 5.91 Å². The predicted octanol–water partition coefficient (Wildman–Crippen LogP) is 6.12. The maximum atomic E-state index is 13.2. The summed E-state index contributed by atoms with van der Waals surface area (Å²) in [6.45, 7) is 11.5. The van der Waals surface area contributed by atoms with Crippen molar-refractivity contribution in [3.63, 3.8) is 0 Å². The normalized spacial score (nSPS) is 13.7. The second-order valence-corrected chi connectivity index (χ2v) is 13.8. The van der Waals surface area contributed by atoms with Crippen molar-refractivity contribution in [2.24, 2.45) is 4.99 Å². The molecule has 3 heterocycles. The van der Waals surface area contributed by atoms with Crippen LogP contribution in [0, 0.1) is 27.7 Å². The van der Waals surface area contributed by atoms with Gasteiger partial charge in [0, 0.05) is 52.8 Å². The zero-order valence-electron chi connectivity index (χ0n) is 30.0. The number of hydrogen-bond acceptors (Lipinski definition) is 11. The Morgan fingerprint density at radius 3 is 2.50 bits per heavy atom. The molecule has 3 aromatic carbocycles. The number of aromatic nitrogens is 4. The van der Waals surface area contributed by atoms with Crippen LogP contribution in [0.5, 0.6) is 5.75 Å². The Morgan fingerprint density at radius 1 is 0.942 bits per heavy atom. The Balaban J connectivity index is 0.951. The molecule has 1 aliphatic rings. The molecular formula is C38H43ClN8O4S. The molecule has 12 nitrogen and oxygen atoms in total. The monoisotopic (exact) mass is 742 g/mol. The first-order valence-electron chi connectivity index (χ1n) is 17.2. The molecule has 0 bridgehead atoms. The highest BCUT2D eigenvalue weighted by molar-refractivity contribution is 7.97. The van der Waals surface area contributed by atoms with Gasteiger partial charge in [-0.05, 0) is 87.2 Å². The minimum absolute atomic E-state index is 0.109. The third kappa shape index (κ3) is 8.73. The Bertz CT molecular complexity index is 2030. The van der Waals surface area contributed by atoms with E-state index in [1.165, 1.54) is 5.56 Å². The number of ether oxygens (including phenoxy) is 2. The largest absolute Gasteiger partial charge is 0.497 e. The molecule has 0 aliphatic carbocycles. The van der Waals surface area contributed by atoms with Gasteiger partial charge in [-0.2, -0.15) is 0 Å². The van der Waals surface area contributed by atoms with Crippen molar-refractivity contribution in [2.75, 3.05) is 46.5 Å². The molecule has 0 radical (unpaired) electrons. The summed E-state index contributed by atoms with van der Waals surface area (Å²) in [5.74, 6) is 2.69. The van der Waals surface area contributed by atoms with Gasteiger partial charge in [0.1, 0.15) is 23.4 Å². The van der Waals surface area contributed by atoms with Crippen molar-refractivity contribution < 1.29 is 18.8 Å². The van der Waals surface area contributed by atoms with Gasteiger partial charge in [-0.25, -0.2) is 0 Å². The number of aliphatic imine (C=N–C) groups is 1. The average molecular weight is 743 g/mol. The van der Waals surface area contributed by atoms with Crippen molar-refractivity contribution in [1.82, 2.24) is 35.3 Å². The zero-order chi connectivity index (χ0) is 36.6. The van der Waals surface area contributed by atoms with Crippen LogP contribution in [0.1, 0.15) is 52.3 Å². The second kappa shape index (κ2) is 17.3. The van der Waals surface area contributed by atoms with E-state index < -0.39 is 6.04 Å². The number of aryl methyl sites for hydroxylation is 4. The molecule has 6 rings (SSSR count). The van der Waals surface area contributed by atoms with E-state index in [4.69, 9.17) is 30.6 Å². The highest BCUT2D eigenvalue weighted by Crippen LogP contribution is 2.35. The average Bonchev–Trinajstić information content (AvgIpc) is 3.65. The number of rotatable bonds is 16. The molecule has 1 aliphatic heterocycles. The number of carbonyl (C=O) groups excluding carboxylic acids is 1. The van der Waals surface area contributed by atoms with Crippen LogP contribution >= 0.6 is 23.5 Å². The van der Waals surface area contributed by atoms with Gasteiger partial charge in [-0.1, -0.05) is 41.0 Å². The summed E-state index contributed by atoms with van der Waals surface area (Å²) < 4.78 is 22.1. The molecule has 2 aromatic heterocycles. The lowest BCUT2D eigenvalue weighted by Crippen LogP contribution is -2.34. The molecule has 0 unspecified atom stereocenters. The van der Waals surface area contributed by atoms with Crippen molar-refractivity contribution in [3.05, 3.63) is 105 Å². The molecule has 0 saturated carbocycles. The number of nitrogens with zero attached hydrogens (tertiary/aromatic N) is 5. The number of fused-ring (bicyclic) bond motifs is 3. The summed E-state index contributed by atoms with van der Waals surface area (Å²) in [5.41, 5.74) is 7.53. The van der Waals surface area contributed by atoms with E-state index in [2.05, 4.69) is 55.8 Å². The van der Waals surface area contributed by atoms with Crippen LogP contribution in [0.15, 0.2) is 75.1 Å². The van der Waals surface area contributed by atoms with Crippen LogP contribution in [-0.4, -0.2) is 78.0 Å². The number of amides is 1.